The normalized spacial score (nSPS) is 12.1. The molecule has 1 aliphatic heterocycles. The van der Waals surface area contributed by atoms with Gasteiger partial charge in [-0.2, -0.15) is 0 Å². The van der Waals surface area contributed by atoms with Crippen LogP contribution in [-0.4, -0.2) is 42.4 Å². The Hall–Kier alpha value is -4.02. The third kappa shape index (κ3) is 4.51. The number of hydrogen-bond acceptors (Lipinski definition) is 8. The second kappa shape index (κ2) is 8.55. The Balaban J connectivity index is 1.75. The number of carbonyl (C=O) groups is 3. The minimum absolute atomic E-state index is 0.113. The SMILES string of the molecule is CC(=O)Nc1ccc(C(=O)COC(=O)c2cc3c(cc2[N+](=O)[O-])OCCO3)c(F)c1. The van der Waals surface area contributed by atoms with Crippen LogP contribution >= 0.6 is 0 Å². The number of hydrogen-bond donors (Lipinski definition) is 1. The van der Waals surface area contributed by atoms with E-state index >= 15 is 0 Å². The van der Waals surface area contributed by atoms with Crippen molar-refractivity contribution in [3.63, 3.8) is 0 Å². The molecule has 0 fully saturated rings. The summed E-state index contributed by atoms with van der Waals surface area (Å²) in [5, 5.41) is 13.6. The summed E-state index contributed by atoms with van der Waals surface area (Å²) in [6.07, 6.45) is 0. The van der Waals surface area contributed by atoms with Gasteiger partial charge in [0, 0.05) is 18.7 Å². The third-order valence-corrected chi connectivity index (χ3v) is 4.00. The first-order chi connectivity index (χ1) is 14.3. The van der Waals surface area contributed by atoms with Crippen LogP contribution in [0.2, 0.25) is 0 Å². The van der Waals surface area contributed by atoms with Crippen LogP contribution in [0, 0.1) is 15.9 Å². The number of nitro benzene ring substituents is 1. The molecular formula is C19H15FN2O8. The number of halogens is 1. The Bertz CT molecular complexity index is 1050. The van der Waals surface area contributed by atoms with Gasteiger partial charge in [0.15, 0.2) is 18.1 Å². The molecule has 1 amide bonds. The molecule has 10 nitrogen and oxygen atoms in total. The largest absolute Gasteiger partial charge is 0.486 e. The fourth-order valence-corrected chi connectivity index (χ4v) is 2.70. The first kappa shape index (κ1) is 20.7. The van der Waals surface area contributed by atoms with Gasteiger partial charge in [0.1, 0.15) is 24.6 Å². The summed E-state index contributed by atoms with van der Waals surface area (Å²) in [5.41, 5.74) is -1.23. The molecule has 156 valence electrons. The highest BCUT2D eigenvalue weighted by Gasteiger charge is 2.28. The molecule has 0 unspecified atom stereocenters. The predicted octanol–water partition coefficient (Wildman–Crippen LogP) is 2.50. The fourth-order valence-electron chi connectivity index (χ4n) is 2.70. The number of amides is 1. The molecule has 11 heteroatoms. The van der Waals surface area contributed by atoms with Gasteiger partial charge in [-0.25, -0.2) is 9.18 Å². The maximum atomic E-state index is 14.1. The van der Waals surface area contributed by atoms with Gasteiger partial charge in [0.2, 0.25) is 11.7 Å². The summed E-state index contributed by atoms with van der Waals surface area (Å²) in [5.74, 6) is -3.11. The van der Waals surface area contributed by atoms with E-state index in [9.17, 15) is 28.9 Å². The summed E-state index contributed by atoms with van der Waals surface area (Å²) in [6.45, 7) is 0.800. The molecule has 1 heterocycles. The second-order valence-corrected chi connectivity index (χ2v) is 6.15. The average Bonchev–Trinajstić information content (AvgIpc) is 2.70. The molecule has 2 aromatic carbocycles. The summed E-state index contributed by atoms with van der Waals surface area (Å²) < 4.78 is 29.5. The van der Waals surface area contributed by atoms with Gasteiger partial charge in [0.25, 0.3) is 5.69 Å². The lowest BCUT2D eigenvalue weighted by atomic mass is 10.1. The fraction of sp³-hybridized carbons (Fsp3) is 0.211. The Morgan fingerprint density at radius 1 is 1.13 bits per heavy atom. The molecule has 0 saturated carbocycles. The lowest BCUT2D eigenvalue weighted by Crippen LogP contribution is -2.19. The highest BCUT2D eigenvalue weighted by atomic mass is 19.1. The standard InChI is InChI=1S/C19H15FN2O8/c1-10(23)21-11-2-3-12(14(20)6-11)16(24)9-30-19(25)13-7-17-18(29-5-4-28-17)8-15(13)22(26)27/h2-3,6-8H,4-5,9H2,1H3,(H,21,23). The van der Waals surface area contributed by atoms with Crippen molar-refractivity contribution in [1.29, 1.82) is 0 Å². The van der Waals surface area contributed by atoms with Crippen LogP contribution in [0.5, 0.6) is 11.5 Å². The van der Waals surface area contributed by atoms with Gasteiger partial charge < -0.3 is 19.5 Å². The van der Waals surface area contributed by atoms with E-state index < -0.39 is 46.3 Å². The van der Waals surface area contributed by atoms with E-state index in [0.717, 1.165) is 24.3 Å². The molecule has 2 aromatic rings. The molecule has 0 bridgehead atoms. The number of ether oxygens (including phenoxy) is 3. The van der Waals surface area contributed by atoms with E-state index in [1.165, 1.54) is 13.0 Å². The highest BCUT2D eigenvalue weighted by Crippen LogP contribution is 2.36. The number of rotatable bonds is 6. The van der Waals surface area contributed by atoms with Crippen LogP contribution in [0.4, 0.5) is 15.8 Å². The van der Waals surface area contributed by atoms with Crippen LogP contribution in [0.25, 0.3) is 0 Å². The van der Waals surface area contributed by atoms with Crippen molar-refractivity contribution < 1.29 is 37.9 Å². The zero-order chi connectivity index (χ0) is 21.8. The van der Waals surface area contributed by atoms with Crippen LogP contribution in [0.15, 0.2) is 30.3 Å². The molecule has 0 radical (unpaired) electrons. The van der Waals surface area contributed by atoms with Crippen molar-refractivity contribution in [3.8, 4) is 11.5 Å². The van der Waals surface area contributed by atoms with Crippen LogP contribution in [0.3, 0.4) is 0 Å². The van der Waals surface area contributed by atoms with E-state index in [0.29, 0.717) is 0 Å². The monoisotopic (exact) mass is 418 g/mol. The van der Waals surface area contributed by atoms with E-state index in [2.05, 4.69) is 5.32 Å². The van der Waals surface area contributed by atoms with E-state index in [-0.39, 0.29) is 36.0 Å². The minimum atomic E-state index is -1.15. The number of Topliss-reactive ketones (excluding diaryl/α,β-unsaturated/α-hetero) is 1. The van der Waals surface area contributed by atoms with Crippen molar-refractivity contribution in [3.05, 3.63) is 57.4 Å². The van der Waals surface area contributed by atoms with Crippen LogP contribution < -0.4 is 14.8 Å². The zero-order valence-electron chi connectivity index (χ0n) is 15.6. The second-order valence-electron chi connectivity index (χ2n) is 6.15. The molecule has 3 rings (SSSR count). The molecule has 0 atom stereocenters. The summed E-state index contributed by atoms with van der Waals surface area (Å²) in [7, 11) is 0. The Morgan fingerprint density at radius 2 is 1.80 bits per heavy atom. The summed E-state index contributed by atoms with van der Waals surface area (Å²) in [6, 6.07) is 5.52. The number of benzene rings is 2. The van der Waals surface area contributed by atoms with Gasteiger partial charge >= 0.3 is 5.97 Å². The topological polar surface area (TPSA) is 134 Å². The maximum Gasteiger partial charge on any atom is 0.345 e. The number of nitro groups is 1. The zero-order valence-corrected chi connectivity index (χ0v) is 15.6. The summed E-state index contributed by atoms with van der Waals surface area (Å²) >= 11 is 0. The van der Waals surface area contributed by atoms with Gasteiger partial charge in [0.05, 0.1) is 16.6 Å². The predicted molar refractivity (Wildman–Crippen MR) is 99.4 cm³/mol. The molecular weight excluding hydrogens is 403 g/mol. The maximum absolute atomic E-state index is 14.1. The number of ketones is 1. The highest BCUT2D eigenvalue weighted by molar-refractivity contribution is 6.01. The van der Waals surface area contributed by atoms with E-state index in [4.69, 9.17) is 14.2 Å². The Kier molecular flexibility index (Phi) is 5.90. The lowest BCUT2D eigenvalue weighted by molar-refractivity contribution is -0.385. The van der Waals surface area contributed by atoms with Gasteiger partial charge in [-0.05, 0) is 18.2 Å². The van der Waals surface area contributed by atoms with Gasteiger partial charge in [-0.3, -0.25) is 19.7 Å². The number of nitrogens with one attached hydrogen (secondary N) is 1. The van der Waals surface area contributed by atoms with Crippen LogP contribution in [0.1, 0.15) is 27.6 Å². The van der Waals surface area contributed by atoms with Gasteiger partial charge in [-0.1, -0.05) is 0 Å². The van der Waals surface area contributed by atoms with Crippen LogP contribution in [-0.2, 0) is 9.53 Å². The van der Waals surface area contributed by atoms with Gasteiger partial charge in [-0.15, -0.1) is 0 Å². The van der Waals surface area contributed by atoms with E-state index in [1.54, 1.807) is 0 Å². The van der Waals surface area contributed by atoms with Crippen molar-refractivity contribution in [2.45, 2.75) is 6.92 Å². The number of fused-ring (bicyclic) bond motifs is 1. The molecule has 30 heavy (non-hydrogen) atoms. The summed E-state index contributed by atoms with van der Waals surface area (Å²) in [4.78, 5) is 46.0. The lowest BCUT2D eigenvalue weighted by Gasteiger charge is -2.18. The minimum Gasteiger partial charge on any atom is -0.486 e. The molecule has 1 N–H and O–H groups in total. The van der Waals surface area contributed by atoms with Crippen molar-refractivity contribution >= 4 is 29.0 Å². The Morgan fingerprint density at radius 3 is 2.40 bits per heavy atom. The molecule has 0 aliphatic carbocycles. The quantitative estimate of drug-likeness (QED) is 0.327. The Labute approximate surface area is 168 Å². The molecule has 0 saturated heterocycles. The molecule has 0 aromatic heterocycles. The number of esters is 1. The first-order valence-electron chi connectivity index (χ1n) is 8.61. The van der Waals surface area contributed by atoms with Crippen molar-refractivity contribution in [2.24, 2.45) is 0 Å². The van der Waals surface area contributed by atoms with E-state index in [1.807, 2.05) is 0 Å². The third-order valence-electron chi connectivity index (χ3n) is 4.00. The first-order valence-corrected chi connectivity index (χ1v) is 8.61. The molecule has 0 spiro atoms. The smallest absolute Gasteiger partial charge is 0.345 e. The van der Waals surface area contributed by atoms with Crippen molar-refractivity contribution in [1.82, 2.24) is 0 Å². The number of carbonyl (C=O) groups excluding carboxylic acids is 3. The average molecular weight is 418 g/mol. The number of anilines is 1. The number of nitrogens with zero attached hydrogens (tertiary/aromatic N) is 1. The molecule has 1 aliphatic rings. The van der Waals surface area contributed by atoms with Crippen molar-refractivity contribution in [2.75, 3.05) is 25.1 Å².